The maximum atomic E-state index is 12.4. The molecule has 1 atom stereocenters. The molecule has 1 aliphatic heterocycles. The first-order valence-corrected chi connectivity index (χ1v) is 8.71. The average Bonchev–Trinajstić information content (AvgIpc) is 2.97. The van der Waals surface area contributed by atoms with Gasteiger partial charge in [0.2, 0.25) is 11.8 Å². The number of nitrogens with zero attached hydrogens (tertiary/aromatic N) is 1. The molecular formula is C19H19BrN2O2. The first kappa shape index (κ1) is 16.7. The molecule has 0 unspecified atom stereocenters. The molecule has 4 nitrogen and oxygen atoms in total. The average molecular weight is 387 g/mol. The second-order valence-electron chi connectivity index (χ2n) is 6.09. The smallest absolute Gasteiger partial charge is 0.227 e. The molecule has 1 N–H and O–H groups in total. The van der Waals surface area contributed by atoms with E-state index in [0.717, 1.165) is 15.7 Å². The zero-order chi connectivity index (χ0) is 17.1. The quantitative estimate of drug-likeness (QED) is 0.874. The number of hydrogen-bond donors (Lipinski definition) is 1. The fourth-order valence-corrected chi connectivity index (χ4v) is 3.06. The molecule has 2 amide bonds. The number of carbonyl (C=O) groups excluding carboxylic acids is 2. The fourth-order valence-electron chi connectivity index (χ4n) is 2.79. The van der Waals surface area contributed by atoms with Crippen LogP contribution in [0.3, 0.4) is 0 Å². The van der Waals surface area contributed by atoms with Crippen molar-refractivity contribution in [1.82, 2.24) is 5.32 Å². The van der Waals surface area contributed by atoms with Crippen molar-refractivity contribution >= 4 is 33.4 Å². The molecule has 124 valence electrons. The van der Waals surface area contributed by atoms with Gasteiger partial charge in [0.1, 0.15) is 0 Å². The Bertz CT molecular complexity index is 741. The lowest BCUT2D eigenvalue weighted by Crippen LogP contribution is -2.32. The number of hydrogen-bond acceptors (Lipinski definition) is 2. The molecule has 1 saturated heterocycles. The summed E-state index contributed by atoms with van der Waals surface area (Å²) >= 11 is 3.38. The molecule has 24 heavy (non-hydrogen) atoms. The number of carbonyl (C=O) groups is 2. The molecular weight excluding hydrogens is 368 g/mol. The van der Waals surface area contributed by atoms with Crippen LogP contribution in [0.4, 0.5) is 5.69 Å². The number of aryl methyl sites for hydroxylation is 1. The van der Waals surface area contributed by atoms with Gasteiger partial charge in [-0.15, -0.1) is 0 Å². The zero-order valence-electron chi connectivity index (χ0n) is 13.5. The summed E-state index contributed by atoms with van der Waals surface area (Å²) < 4.78 is 0.963. The van der Waals surface area contributed by atoms with Crippen molar-refractivity contribution in [3.63, 3.8) is 0 Å². The highest BCUT2D eigenvalue weighted by Gasteiger charge is 2.34. The van der Waals surface area contributed by atoms with Crippen molar-refractivity contribution in [2.24, 2.45) is 5.92 Å². The molecule has 0 saturated carbocycles. The molecule has 5 heteroatoms. The highest BCUT2D eigenvalue weighted by Crippen LogP contribution is 2.26. The Morgan fingerprint density at radius 1 is 1.17 bits per heavy atom. The molecule has 1 aliphatic rings. The van der Waals surface area contributed by atoms with E-state index in [2.05, 4.69) is 21.2 Å². The van der Waals surface area contributed by atoms with Gasteiger partial charge < -0.3 is 10.2 Å². The van der Waals surface area contributed by atoms with Gasteiger partial charge in [-0.1, -0.05) is 45.8 Å². The van der Waals surface area contributed by atoms with Crippen molar-refractivity contribution in [3.8, 4) is 0 Å². The summed E-state index contributed by atoms with van der Waals surface area (Å²) in [5.41, 5.74) is 3.08. The van der Waals surface area contributed by atoms with E-state index in [0.29, 0.717) is 13.1 Å². The van der Waals surface area contributed by atoms with Gasteiger partial charge in [0.25, 0.3) is 0 Å². The summed E-state index contributed by atoms with van der Waals surface area (Å²) in [6, 6.07) is 15.6. The lowest BCUT2D eigenvalue weighted by Gasteiger charge is -2.16. The van der Waals surface area contributed by atoms with E-state index in [-0.39, 0.29) is 24.2 Å². The minimum absolute atomic E-state index is 0.00666. The first-order valence-electron chi connectivity index (χ1n) is 7.92. The normalized spacial score (nSPS) is 17.2. The van der Waals surface area contributed by atoms with E-state index in [1.54, 1.807) is 4.90 Å². The minimum atomic E-state index is -0.299. The van der Waals surface area contributed by atoms with Crippen molar-refractivity contribution in [3.05, 3.63) is 64.1 Å². The molecule has 1 heterocycles. The van der Waals surface area contributed by atoms with Gasteiger partial charge >= 0.3 is 0 Å². The topological polar surface area (TPSA) is 49.4 Å². The predicted molar refractivity (Wildman–Crippen MR) is 97.6 cm³/mol. The molecule has 0 aliphatic carbocycles. The van der Waals surface area contributed by atoms with E-state index in [1.807, 2.05) is 55.5 Å². The van der Waals surface area contributed by atoms with E-state index >= 15 is 0 Å². The van der Waals surface area contributed by atoms with Crippen LogP contribution >= 0.6 is 15.9 Å². The Morgan fingerprint density at radius 2 is 1.83 bits per heavy atom. The number of amides is 2. The van der Waals surface area contributed by atoms with Gasteiger partial charge in [-0.2, -0.15) is 0 Å². The van der Waals surface area contributed by atoms with Crippen LogP contribution < -0.4 is 10.2 Å². The van der Waals surface area contributed by atoms with Gasteiger partial charge in [-0.05, 0) is 36.8 Å². The Labute approximate surface area is 150 Å². The molecule has 3 rings (SSSR count). The summed E-state index contributed by atoms with van der Waals surface area (Å²) in [4.78, 5) is 26.3. The lowest BCUT2D eigenvalue weighted by molar-refractivity contribution is -0.126. The van der Waals surface area contributed by atoms with Crippen molar-refractivity contribution < 1.29 is 9.59 Å². The second-order valence-corrected chi connectivity index (χ2v) is 7.00. The third kappa shape index (κ3) is 3.85. The minimum Gasteiger partial charge on any atom is -0.352 e. The fraction of sp³-hybridized carbons (Fsp3) is 0.263. The summed E-state index contributed by atoms with van der Waals surface area (Å²) in [5, 5.41) is 2.94. The van der Waals surface area contributed by atoms with Crippen LogP contribution in [0.1, 0.15) is 17.5 Å². The van der Waals surface area contributed by atoms with Crippen molar-refractivity contribution in [2.45, 2.75) is 19.9 Å². The van der Waals surface area contributed by atoms with Gasteiger partial charge in [0.05, 0.1) is 5.92 Å². The number of anilines is 1. The second kappa shape index (κ2) is 7.18. The maximum Gasteiger partial charge on any atom is 0.227 e. The van der Waals surface area contributed by atoms with Crippen LogP contribution in [0, 0.1) is 12.8 Å². The van der Waals surface area contributed by atoms with Gasteiger partial charge in [-0.3, -0.25) is 9.59 Å². The SMILES string of the molecule is Cc1ccc(CNC(=O)[C@H]2CC(=O)N(c3ccc(Br)cc3)C2)cc1. The highest BCUT2D eigenvalue weighted by molar-refractivity contribution is 9.10. The standard InChI is InChI=1S/C19H19BrN2O2/c1-13-2-4-14(5-3-13)11-21-19(24)15-10-18(23)22(12-15)17-8-6-16(20)7-9-17/h2-9,15H,10-12H2,1H3,(H,21,24)/t15-/m0/s1. The Kier molecular flexibility index (Phi) is 5.00. The van der Waals surface area contributed by atoms with Gasteiger partial charge in [0.15, 0.2) is 0 Å². The summed E-state index contributed by atoms with van der Waals surface area (Å²) in [6.45, 7) is 2.95. The number of nitrogens with one attached hydrogen (secondary N) is 1. The molecule has 0 aromatic heterocycles. The third-order valence-electron chi connectivity index (χ3n) is 4.22. The molecule has 0 radical (unpaired) electrons. The van der Waals surface area contributed by atoms with Gasteiger partial charge in [0, 0.05) is 29.7 Å². The van der Waals surface area contributed by atoms with E-state index in [1.165, 1.54) is 5.56 Å². The van der Waals surface area contributed by atoms with Crippen LogP contribution in [0.25, 0.3) is 0 Å². The monoisotopic (exact) mass is 386 g/mol. The Morgan fingerprint density at radius 3 is 2.50 bits per heavy atom. The third-order valence-corrected chi connectivity index (χ3v) is 4.75. The van der Waals surface area contributed by atoms with Crippen LogP contribution in [-0.4, -0.2) is 18.4 Å². The number of rotatable bonds is 4. The Balaban J connectivity index is 1.59. The van der Waals surface area contributed by atoms with Crippen LogP contribution in [0.15, 0.2) is 53.0 Å². The largest absolute Gasteiger partial charge is 0.352 e. The number of benzene rings is 2. The summed E-state index contributed by atoms with van der Waals surface area (Å²) in [7, 11) is 0. The number of halogens is 1. The molecule has 2 aromatic rings. The van der Waals surface area contributed by atoms with E-state index in [9.17, 15) is 9.59 Å². The van der Waals surface area contributed by atoms with Crippen LogP contribution in [0.5, 0.6) is 0 Å². The molecule has 0 bridgehead atoms. The summed E-state index contributed by atoms with van der Waals surface area (Å²) in [5.74, 6) is -0.372. The predicted octanol–water partition coefficient (Wildman–Crippen LogP) is 3.43. The van der Waals surface area contributed by atoms with E-state index in [4.69, 9.17) is 0 Å². The first-order chi connectivity index (χ1) is 11.5. The lowest BCUT2D eigenvalue weighted by atomic mass is 10.1. The molecule has 0 spiro atoms. The van der Waals surface area contributed by atoms with E-state index < -0.39 is 0 Å². The molecule has 2 aromatic carbocycles. The van der Waals surface area contributed by atoms with Crippen molar-refractivity contribution in [2.75, 3.05) is 11.4 Å². The molecule has 1 fully saturated rings. The van der Waals surface area contributed by atoms with Crippen molar-refractivity contribution in [1.29, 1.82) is 0 Å². The zero-order valence-corrected chi connectivity index (χ0v) is 15.0. The van der Waals surface area contributed by atoms with Crippen LogP contribution in [-0.2, 0) is 16.1 Å². The maximum absolute atomic E-state index is 12.4. The Hall–Kier alpha value is -2.14. The van der Waals surface area contributed by atoms with Gasteiger partial charge in [-0.25, -0.2) is 0 Å². The highest BCUT2D eigenvalue weighted by atomic mass is 79.9. The van der Waals surface area contributed by atoms with Crippen LogP contribution in [0.2, 0.25) is 0 Å². The summed E-state index contributed by atoms with van der Waals surface area (Å²) in [6.07, 6.45) is 0.260.